The third kappa shape index (κ3) is 2.98. The summed E-state index contributed by atoms with van der Waals surface area (Å²) in [6.45, 7) is 3.90. The first-order valence-corrected chi connectivity index (χ1v) is 5.14. The molecule has 17 heavy (non-hydrogen) atoms. The molecule has 0 aliphatic carbocycles. The summed E-state index contributed by atoms with van der Waals surface area (Å²) < 4.78 is 5.69. The van der Waals surface area contributed by atoms with Crippen LogP contribution in [0, 0.1) is 0 Å². The molecule has 1 heterocycles. The van der Waals surface area contributed by atoms with Crippen LogP contribution in [-0.2, 0) is 0 Å². The van der Waals surface area contributed by atoms with Gasteiger partial charge in [-0.3, -0.25) is 5.43 Å². The fourth-order valence-electron chi connectivity index (χ4n) is 1.28. The highest BCUT2D eigenvalue weighted by Gasteiger charge is 2.03. The number of nitrogens with one attached hydrogen (secondary N) is 1. The summed E-state index contributed by atoms with van der Waals surface area (Å²) >= 11 is 0. The first-order valence-electron chi connectivity index (χ1n) is 5.14. The zero-order valence-corrected chi connectivity index (χ0v) is 9.26. The van der Waals surface area contributed by atoms with Crippen LogP contribution in [0.3, 0.4) is 0 Å². The van der Waals surface area contributed by atoms with Crippen molar-refractivity contribution in [2.75, 3.05) is 5.73 Å². The van der Waals surface area contributed by atoms with Crippen molar-refractivity contribution in [2.45, 2.75) is 0 Å². The molecule has 0 unspecified atom stereocenters. The standard InChI is InChI=1S/C13H13N3O/c1-10-6-8-15-16-9-7-13(10)17-12-4-2-11(14)3-5-12/h2-9,15H,1,14H2/b8-6-,13-7?,16-9-. The van der Waals surface area contributed by atoms with E-state index in [0.717, 1.165) is 5.57 Å². The number of nitrogens with two attached hydrogens (primary N) is 1. The van der Waals surface area contributed by atoms with Crippen molar-refractivity contribution in [3.63, 3.8) is 0 Å². The van der Waals surface area contributed by atoms with Gasteiger partial charge < -0.3 is 10.5 Å². The molecule has 0 saturated carbocycles. The first-order chi connectivity index (χ1) is 8.25. The van der Waals surface area contributed by atoms with Crippen LogP contribution in [0.15, 0.2) is 65.6 Å². The Bertz CT molecular complexity index is 498. The quantitative estimate of drug-likeness (QED) is 0.761. The molecule has 86 valence electrons. The molecular weight excluding hydrogens is 214 g/mol. The average Bonchev–Trinajstić information content (AvgIpc) is 2.31. The second-order valence-electron chi connectivity index (χ2n) is 3.47. The number of hydrogen-bond acceptors (Lipinski definition) is 4. The molecule has 1 aliphatic heterocycles. The Morgan fingerprint density at radius 2 is 2.00 bits per heavy atom. The lowest BCUT2D eigenvalue weighted by atomic mass is 10.2. The molecule has 0 fully saturated rings. The number of nitrogen functional groups attached to an aromatic ring is 1. The second kappa shape index (κ2) is 5.03. The maximum absolute atomic E-state index is 5.69. The van der Waals surface area contributed by atoms with E-state index >= 15 is 0 Å². The van der Waals surface area contributed by atoms with Crippen LogP contribution in [0.2, 0.25) is 0 Å². The lowest BCUT2D eigenvalue weighted by Gasteiger charge is -2.10. The van der Waals surface area contributed by atoms with Crippen LogP contribution in [0.25, 0.3) is 0 Å². The van der Waals surface area contributed by atoms with Gasteiger partial charge in [-0.2, -0.15) is 5.10 Å². The third-order valence-electron chi connectivity index (χ3n) is 2.16. The van der Waals surface area contributed by atoms with Crippen LogP contribution in [-0.4, -0.2) is 6.21 Å². The molecule has 0 bridgehead atoms. The largest absolute Gasteiger partial charge is 0.457 e. The van der Waals surface area contributed by atoms with Crippen LogP contribution < -0.4 is 15.9 Å². The van der Waals surface area contributed by atoms with E-state index in [1.54, 1.807) is 48.8 Å². The number of ether oxygens (including phenoxy) is 1. The van der Waals surface area contributed by atoms with Crippen LogP contribution in [0.1, 0.15) is 0 Å². The zero-order chi connectivity index (χ0) is 12.1. The van der Waals surface area contributed by atoms with Crippen molar-refractivity contribution in [2.24, 2.45) is 5.10 Å². The van der Waals surface area contributed by atoms with Crippen LogP contribution in [0.5, 0.6) is 5.75 Å². The van der Waals surface area contributed by atoms with Gasteiger partial charge in [0.25, 0.3) is 0 Å². The molecule has 0 atom stereocenters. The van der Waals surface area contributed by atoms with Gasteiger partial charge in [-0.25, -0.2) is 0 Å². The van der Waals surface area contributed by atoms with E-state index in [1.165, 1.54) is 0 Å². The van der Waals surface area contributed by atoms with Gasteiger partial charge in [0.15, 0.2) is 0 Å². The van der Waals surface area contributed by atoms with Crippen molar-refractivity contribution in [3.8, 4) is 5.75 Å². The minimum absolute atomic E-state index is 0.649. The van der Waals surface area contributed by atoms with Gasteiger partial charge in [0.05, 0.1) is 6.21 Å². The van der Waals surface area contributed by atoms with Gasteiger partial charge >= 0.3 is 0 Å². The van der Waals surface area contributed by atoms with E-state index < -0.39 is 0 Å². The molecule has 4 nitrogen and oxygen atoms in total. The van der Waals surface area contributed by atoms with Gasteiger partial charge in [-0.05, 0) is 30.3 Å². The molecule has 1 aliphatic rings. The van der Waals surface area contributed by atoms with E-state index in [2.05, 4.69) is 17.1 Å². The molecule has 2 rings (SSSR count). The Balaban J connectivity index is 2.19. The van der Waals surface area contributed by atoms with Gasteiger partial charge in [0.1, 0.15) is 11.5 Å². The number of hydrogen-bond donors (Lipinski definition) is 2. The minimum Gasteiger partial charge on any atom is -0.457 e. The van der Waals surface area contributed by atoms with Gasteiger partial charge in [-0.15, -0.1) is 0 Å². The number of nitrogens with zero attached hydrogens (tertiary/aromatic N) is 1. The van der Waals surface area contributed by atoms with E-state index in [4.69, 9.17) is 10.5 Å². The number of benzene rings is 1. The van der Waals surface area contributed by atoms with Crippen LogP contribution >= 0.6 is 0 Å². The maximum atomic E-state index is 5.69. The zero-order valence-electron chi connectivity index (χ0n) is 9.26. The maximum Gasteiger partial charge on any atom is 0.135 e. The molecule has 4 heteroatoms. The Kier molecular flexibility index (Phi) is 3.25. The van der Waals surface area contributed by atoms with E-state index in [1.807, 2.05) is 0 Å². The smallest absolute Gasteiger partial charge is 0.135 e. The van der Waals surface area contributed by atoms with E-state index in [9.17, 15) is 0 Å². The van der Waals surface area contributed by atoms with Gasteiger partial charge in [0.2, 0.25) is 0 Å². The molecule has 3 N–H and O–H groups in total. The van der Waals surface area contributed by atoms with Crippen molar-refractivity contribution in [3.05, 3.63) is 60.5 Å². The molecule has 0 amide bonds. The molecule has 0 aromatic heterocycles. The topological polar surface area (TPSA) is 59.6 Å². The van der Waals surface area contributed by atoms with Crippen LogP contribution in [0.4, 0.5) is 5.69 Å². The Labute approximate surface area is 99.8 Å². The predicted octanol–water partition coefficient (Wildman–Crippen LogP) is 2.19. The summed E-state index contributed by atoms with van der Waals surface area (Å²) in [6, 6.07) is 7.18. The molecule has 1 aromatic carbocycles. The van der Waals surface area contributed by atoms with Gasteiger partial charge in [-0.1, -0.05) is 6.58 Å². The molecule has 0 spiro atoms. The monoisotopic (exact) mass is 227 g/mol. The number of anilines is 1. The lowest BCUT2D eigenvalue weighted by molar-refractivity contribution is 0.440. The lowest BCUT2D eigenvalue weighted by Crippen LogP contribution is -2.02. The van der Waals surface area contributed by atoms with E-state index in [0.29, 0.717) is 17.2 Å². The summed E-state index contributed by atoms with van der Waals surface area (Å²) in [7, 11) is 0. The molecular formula is C13H13N3O. The second-order valence-corrected chi connectivity index (χ2v) is 3.47. The Morgan fingerprint density at radius 1 is 1.24 bits per heavy atom. The summed E-state index contributed by atoms with van der Waals surface area (Å²) in [4.78, 5) is 0. The fraction of sp³-hybridized carbons (Fsp3) is 0. The summed E-state index contributed by atoms with van der Waals surface area (Å²) in [5.41, 5.74) is 9.79. The number of rotatable bonds is 2. The summed E-state index contributed by atoms with van der Waals surface area (Å²) in [5, 5.41) is 3.89. The van der Waals surface area contributed by atoms with Crippen molar-refractivity contribution < 1.29 is 4.74 Å². The Hall–Kier alpha value is -2.49. The highest BCUT2D eigenvalue weighted by Crippen LogP contribution is 2.19. The van der Waals surface area contributed by atoms with Crippen molar-refractivity contribution >= 4 is 11.9 Å². The summed E-state index contributed by atoms with van der Waals surface area (Å²) in [6.07, 6.45) is 6.84. The SMILES string of the molecule is C=C1/C=C\N/N=C\C=C1Oc1ccc(N)cc1. The minimum atomic E-state index is 0.649. The highest BCUT2D eigenvalue weighted by molar-refractivity contribution is 5.73. The third-order valence-corrected chi connectivity index (χ3v) is 2.16. The van der Waals surface area contributed by atoms with Crippen molar-refractivity contribution in [1.29, 1.82) is 0 Å². The highest BCUT2D eigenvalue weighted by atomic mass is 16.5. The van der Waals surface area contributed by atoms with Crippen molar-refractivity contribution in [1.82, 2.24) is 5.43 Å². The van der Waals surface area contributed by atoms with E-state index in [-0.39, 0.29) is 0 Å². The predicted molar refractivity (Wildman–Crippen MR) is 69.5 cm³/mol. The summed E-state index contributed by atoms with van der Waals surface area (Å²) in [5.74, 6) is 1.36. The number of hydrazone groups is 1. The molecule has 0 saturated heterocycles. The van der Waals surface area contributed by atoms with Gasteiger partial charge in [0, 0.05) is 23.5 Å². The molecule has 0 radical (unpaired) electrons. The normalized spacial score (nSPS) is 18.4. The fourth-order valence-corrected chi connectivity index (χ4v) is 1.28. The average molecular weight is 227 g/mol. The first kappa shape index (κ1) is 11.0. The molecule has 1 aromatic rings. The Morgan fingerprint density at radius 3 is 2.76 bits per heavy atom. The number of allylic oxidation sites excluding steroid dienone is 2.